The first-order valence-corrected chi connectivity index (χ1v) is 6.42. The minimum Gasteiger partial charge on any atom is -0.398 e. The maximum Gasteiger partial charge on any atom is 0.251 e. The van der Waals surface area contributed by atoms with Crippen molar-refractivity contribution in [2.75, 3.05) is 5.73 Å². The van der Waals surface area contributed by atoms with E-state index in [0.717, 1.165) is 15.8 Å². The minimum absolute atomic E-state index is 0.170. The summed E-state index contributed by atoms with van der Waals surface area (Å²) in [6, 6.07) is 5.19. The molecule has 7 heteroatoms. The molecule has 19 heavy (non-hydrogen) atoms. The Hall–Kier alpha value is -2.28. The molecule has 1 aromatic carbocycles. The third-order valence-corrected chi connectivity index (χ3v) is 3.59. The SMILES string of the molecule is Cc1cc(=O)[nH]c(Sc2cc3[nH]ncc3cc2N)n1. The van der Waals surface area contributed by atoms with Gasteiger partial charge in [0.15, 0.2) is 5.16 Å². The van der Waals surface area contributed by atoms with Gasteiger partial charge >= 0.3 is 0 Å². The first-order valence-electron chi connectivity index (χ1n) is 5.60. The molecule has 0 radical (unpaired) electrons. The highest BCUT2D eigenvalue weighted by atomic mass is 32.2. The highest BCUT2D eigenvalue weighted by Gasteiger charge is 2.07. The van der Waals surface area contributed by atoms with E-state index in [1.54, 1.807) is 13.1 Å². The molecule has 3 rings (SSSR count). The monoisotopic (exact) mass is 273 g/mol. The van der Waals surface area contributed by atoms with Gasteiger partial charge in [-0.05, 0) is 30.8 Å². The maximum atomic E-state index is 11.4. The summed E-state index contributed by atoms with van der Waals surface area (Å²) < 4.78 is 0. The largest absolute Gasteiger partial charge is 0.398 e. The maximum absolute atomic E-state index is 11.4. The predicted molar refractivity (Wildman–Crippen MR) is 74.2 cm³/mol. The first-order chi connectivity index (χ1) is 9.11. The average molecular weight is 273 g/mol. The fourth-order valence-electron chi connectivity index (χ4n) is 1.78. The summed E-state index contributed by atoms with van der Waals surface area (Å²) in [7, 11) is 0. The fourth-order valence-corrected chi connectivity index (χ4v) is 2.68. The molecular formula is C12H11N5OS. The van der Waals surface area contributed by atoms with Crippen LogP contribution in [0.15, 0.2) is 39.2 Å². The van der Waals surface area contributed by atoms with Crippen LogP contribution in [-0.2, 0) is 0 Å². The second-order valence-electron chi connectivity index (χ2n) is 4.14. The van der Waals surface area contributed by atoms with Crippen molar-refractivity contribution in [2.45, 2.75) is 17.0 Å². The summed E-state index contributed by atoms with van der Waals surface area (Å²) in [6.07, 6.45) is 1.72. The van der Waals surface area contributed by atoms with Gasteiger partial charge in [0.2, 0.25) is 0 Å². The highest BCUT2D eigenvalue weighted by molar-refractivity contribution is 7.99. The van der Waals surface area contributed by atoms with Crippen molar-refractivity contribution in [1.82, 2.24) is 20.2 Å². The number of hydrogen-bond acceptors (Lipinski definition) is 5. The Bertz CT molecular complexity index is 807. The van der Waals surface area contributed by atoms with Crippen LogP contribution in [-0.4, -0.2) is 20.2 Å². The first kappa shape index (κ1) is 11.8. The van der Waals surface area contributed by atoms with E-state index in [4.69, 9.17) is 5.73 Å². The van der Waals surface area contributed by atoms with Crippen molar-refractivity contribution < 1.29 is 0 Å². The van der Waals surface area contributed by atoms with Crippen molar-refractivity contribution in [3.8, 4) is 0 Å². The molecule has 0 aliphatic carbocycles. The molecule has 0 unspecified atom stereocenters. The molecule has 0 aliphatic rings. The molecule has 0 bridgehead atoms. The van der Waals surface area contributed by atoms with Gasteiger partial charge in [-0.2, -0.15) is 5.10 Å². The summed E-state index contributed by atoms with van der Waals surface area (Å²) >= 11 is 1.32. The molecule has 3 aromatic rings. The lowest BCUT2D eigenvalue weighted by molar-refractivity contribution is 0.905. The number of nitrogens with two attached hydrogens (primary N) is 1. The molecule has 0 amide bonds. The van der Waals surface area contributed by atoms with Crippen LogP contribution in [0.25, 0.3) is 10.9 Å². The van der Waals surface area contributed by atoms with E-state index in [-0.39, 0.29) is 5.56 Å². The molecule has 0 fully saturated rings. The molecule has 0 spiro atoms. The van der Waals surface area contributed by atoms with E-state index in [9.17, 15) is 4.79 Å². The van der Waals surface area contributed by atoms with E-state index < -0.39 is 0 Å². The number of rotatable bonds is 2. The summed E-state index contributed by atoms with van der Waals surface area (Å²) in [5.41, 5.74) is 8.01. The van der Waals surface area contributed by atoms with Crippen molar-refractivity contribution in [1.29, 1.82) is 0 Å². The van der Waals surface area contributed by atoms with Crippen LogP contribution in [0.5, 0.6) is 0 Å². The molecule has 0 saturated carbocycles. The second-order valence-corrected chi connectivity index (χ2v) is 5.17. The number of aromatic nitrogens is 4. The quantitative estimate of drug-likeness (QED) is 0.487. The number of H-pyrrole nitrogens is 2. The van der Waals surface area contributed by atoms with Crippen LogP contribution in [0.1, 0.15) is 5.69 Å². The summed E-state index contributed by atoms with van der Waals surface area (Å²) in [4.78, 5) is 19.2. The van der Waals surface area contributed by atoms with Crippen molar-refractivity contribution in [3.63, 3.8) is 0 Å². The minimum atomic E-state index is -0.170. The van der Waals surface area contributed by atoms with Crippen molar-refractivity contribution in [2.24, 2.45) is 0 Å². The smallest absolute Gasteiger partial charge is 0.251 e. The Morgan fingerprint density at radius 3 is 2.95 bits per heavy atom. The lowest BCUT2D eigenvalue weighted by atomic mass is 10.2. The zero-order valence-electron chi connectivity index (χ0n) is 10.1. The van der Waals surface area contributed by atoms with E-state index in [1.807, 2.05) is 12.1 Å². The van der Waals surface area contributed by atoms with Gasteiger partial charge in [0, 0.05) is 27.7 Å². The van der Waals surface area contributed by atoms with Gasteiger partial charge in [0.1, 0.15) is 0 Å². The number of fused-ring (bicyclic) bond motifs is 1. The van der Waals surface area contributed by atoms with Gasteiger partial charge in [0.25, 0.3) is 5.56 Å². The van der Waals surface area contributed by atoms with Gasteiger partial charge in [-0.1, -0.05) is 0 Å². The number of aryl methyl sites for hydroxylation is 1. The van der Waals surface area contributed by atoms with Gasteiger partial charge in [-0.25, -0.2) is 4.98 Å². The molecule has 0 aliphatic heterocycles. The molecule has 0 atom stereocenters. The van der Waals surface area contributed by atoms with E-state index in [1.165, 1.54) is 17.8 Å². The molecule has 2 aromatic heterocycles. The Morgan fingerprint density at radius 1 is 1.32 bits per heavy atom. The number of nitrogens with one attached hydrogen (secondary N) is 2. The van der Waals surface area contributed by atoms with E-state index >= 15 is 0 Å². The predicted octanol–water partition coefficient (Wildman–Crippen LogP) is 1.69. The normalized spacial score (nSPS) is 11.0. The van der Waals surface area contributed by atoms with Crippen LogP contribution in [0.3, 0.4) is 0 Å². The van der Waals surface area contributed by atoms with Crippen molar-refractivity contribution in [3.05, 3.63) is 40.4 Å². The van der Waals surface area contributed by atoms with E-state index in [0.29, 0.717) is 16.5 Å². The lowest BCUT2D eigenvalue weighted by Gasteiger charge is -2.05. The van der Waals surface area contributed by atoms with Crippen LogP contribution < -0.4 is 11.3 Å². The third-order valence-electron chi connectivity index (χ3n) is 2.63. The Labute approximate surface area is 112 Å². The zero-order valence-corrected chi connectivity index (χ0v) is 10.9. The topological polar surface area (TPSA) is 100 Å². The van der Waals surface area contributed by atoms with Crippen molar-refractivity contribution >= 4 is 28.4 Å². The van der Waals surface area contributed by atoms with E-state index in [2.05, 4.69) is 20.2 Å². The number of benzene rings is 1. The number of aromatic amines is 2. The molecule has 0 saturated heterocycles. The van der Waals surface area contributed by atoms with Gasteiger partial charge in [0.05, 0.1) is 11.7 Å². The fraction of sp³-hybridized carbons (Fsp3) is 0.0833. The summed E-state index contributed by atoms with van der Waals surface area (Å²) in [6.45, 7) is 1.78. The lowest BCUT2D eigenvalue weighted by Crippen LogP contribution is -2.08. The van der Waals surface area contributed by atoms with Crippen LogP contribution in [0.4, 0.5) is 5.69 Å². The number of anilines is 1. The molecule has 4 N–H and O–H groups in total. The molecular weight excluding hydrogens is 262 g/mol. The third kappa shape index (κ3) is 2.32. The summed E-state index contributed by atoms with van der Waals surface area (Å²) in [5, 5.41) is 8.32. The Kier molecular flexibility index (Phi) is 2.75. The van der Waals surface area contributed by atoms with Gasteiger partial charge in [-0.3, -0.25) is 9.89 Å². The molecule has 96 valence electrons. The number of nitrogen functional groups attached to an aromatic ring is 1. The Balaban J connectivity index is 2.04. The Morgan fingerprint density at radius 2 is 2.16 bits per heavy atom. The van der Waals surface area contributed by atoms with Crippen LogP contribution in [0.2, 0.25) is 0 Å². The van der Waals surface area contributed by atoms with Gasteiger partial charge < -0.3 is 10.7 Å². The molecule has 2 heterocycles. The highest BCUT2D eigenvalue weighted by Crippen LogP contribution is 2.32. The number of hydrogen-bond donors (Lipinski definition) is 3. The second kappa shape index (κ2) is 4.43. The number of nitrogens with zero attached hydrogens (tertiary/aromatic N) is 2. The average Bonchev–Trinajstić information content (AvgIpc) is 2.75. The van der Waals surface area contributed by atoms with Crippen LogP contribution >= 0.6 is 11.8 Å². The van der Waals surface area contributed by atoms with Gasteiger partial charge in [-0.15, -0.1) is 0 Å². The standard InChI is InChI=1S/C12H11N5OS/c1-6-2-11(18)16-12(15-6)19-10-4-9-7(3-8(10)13)5-14-17-9/h2-5H,13H2,1H3,(H,14,17)(H,15,16,18). The molecule has 6 nitrogen and oxygen atoms in total. The summed E-state index contributed by atoms with van der Waals surface area (Å²) in [5.74, 6) is 0. The van der Waals surface area contributed by atoms with Crippen LogP contribution in [0, 0.1) is 6.92 Å². The zero-order chi connectivity index (χ0) is 13.4.